The number of hydrogen-bond donors (Lipinski definition) is 0. The van der Waals surface area contributed by atoms with Crippen LogP contribution in [0.2, 0.25) is 0 Å². The number of esters is 1. The van der Waals surface area contributed by atoms with Crippen molar-refractivity contribution in [3.05, 3.63) is 0 Å². The summed E-state index contributed by atoms with van der Waals surface area (Å²) >= 11 is 0. The third-order valence-corrected chi connectivity index (χ3v) is 4.10. The van der Waals surface area contributed by atoms with Crippen molar-refractivity contribution in [2.45, 2.75) is 90.6 Å². The number of ether oxygens (including phenoxy) is 1. The molecule has 1 fully saturated rings. The van der Waals surface area contributed by atoms with Gasteiger partial charge in [0.05, 0.1) is 0 Å². The summed E-state index contributed by atoms with van der Waals surface area (Å²) in [5, 5.41) is 0. The number of carbonyl (C=O) groups is 1. The van der Waals surface area contributed by atoms with Crippen molar-refractivity contribution in [3.63, 3.8) is 0 Å². The van der Waals surface area contributed by atoms with Crippen LogP contribution in [0.4, 0.5) is 0 Å². The molecule has 1 saturated carbocycles. The Kier molecular flexibility index (Phi) is 8.11. The molecular formula is C16H30O2. The lowest BCUT2D eigenvalue weighted by Gasteiger charge is -2.24. The Labute approximate surface area is 112 Å². The molecule has 0 aromatic carbocycles. The van der Waals surface area contributed by atoms with E-state index in [0.29, 0.717) is 12.3 Å². The lowest BCUT2D eigenvalue weighted by Crippen LogP contribution is -2.25. The fraction of sp³-hybridized carbons (Fsp3) is 0.938. The van der Waals surface area contributed by atoms with Gasteiger partial charge in [-0.3, -0.25) is 4.79 Å². The third-order valence-electron chi connectivity index (χ3n) is 4.10. The zero-order valence-corrected chi connectivity index (χ0v) is 12.2. The van der Waals surface area contributed by atoms with Crippen LogP contribution in [0.3, 0.4) is 0 Å². The van der Waals surface area contributed by atoms with Crippen LogP contribution >= 0.6 is 0 Å². The SMILES string of the molecule is CCC(=O)O[C@@H]1CCCCCCCCCC[C@H]1C. The van der Waals surface area contributed by atoms with E-state index < -0.39 is 0 Å². The molecule has 0 heterocycles. The normalized spacial score (nSPS) is 27.9. The molecule has 0 aliphatic heterocycles. The van der Waals surface area contributed by atoms with Gasteiger partial charge in [0.2, 0.25) is 0 Å². The highest BCUT2D eigenvalue weighted by atomic mass is 16.5. The molecule has 1 aliphatic carbocycles. The van der Waals surface area contributed by atoms with Crippen molar-refractivity contribution in [1.82, 2.24) is 0 Å². The summed E-state index contributed by atoms with van der Waals surface area (Å²) in [5.74, 6) is 0.499. The molecule has 0 amide bonds. The van der Waals surface area contributed by atoms with E-state index >= 15 is 0 Å². The number of hydrogen-bond acceptors (Lipinski definition) is 2. The van der Waals surface area contributed by atoms with Crippen LogP contribution in [0, 0.1) is 5.92 Å². The topological polar surface area (TPSA) is 26.3 Å². The van der Waals surface area contributed by atoms with E-state index in [4.69, 9.17) is 4.74 Å². The van der Waals surface area contributed by atoms with E-state index in [1.807, 2.05) is 6.92 Å². The minimum atomic E-state index is -0.0288. The van der Waals surface area contributed by atoms with Crippen LogP contribution in [0.5, 0.6) is 0 Å². The van der Waals surface area contributed by atoms with Crippen LogP contribution in [0.15, 0.2) is 0 Å². The minimum absolute atomic E-state index is 0.0288. The van der Waals surface area contributed by atoms with Gasteiger partial charge < -0.3 is 4.74 Å². The van der Waals surface area contributed by atoms with Crippen molar-refractivity contribution < 1.29 is 9.53 Å². The van der Waals surface area contributed by atoms with Crippen molar-refractivity contribution >= 4 is 5.97 Å². The van der Waals surface area contributed by atoms with E-state index in [2.05, 4.69) is 6.92 Å². The second-order valence-corrected chi connectivity index (χ2v) is 5.76. The summed E-state index contributed by atoms with van der Waals surface area (Å²) in [7, 11) is 0. The summed E-state index contributed by atoms with van der Waals surface area (Å²) in [6.07, 6.45) is 13.6. The molecule has 18 heavy (non-hydrogen) atoms. The highest BCUT2D eigenvalue weighted by Gasteiger charge is 2.20. The average molecular weight is 254 g/mol. The molecule has 1 rings (SSSR count). The summed E-state index contributed by atoms with van der Waals surface area (Å²) in [5.41, 5.74) is 0. The van der Waals surface area contributed by atoms with Gasteiger partial charge in [0, 0.05) is 6.42 Å². The molecular weight excluding hydrogens is 224 g/mol. The van der Waals surface area contributed by atoms with E-state index in [-0.39, 0.29) is 12.1 Å². The molecule has 2 atom stereocenters. The lowest BCUT2D eigenvalue weighted by molar-refractivity contribution is -0.151. The van der Waals surface area contributed by atoms with Crippen molar-refractivity contribution in [2.75, 3.05) is 0 Å². The van der Waals surface area contributed by atoms with Gasteiger partial charge in [0.25, 0.3) is 0 Å². The molecule has 0 aromatic heterocycles. The molecule has 1 aliphatic rings. The zero-order valence-electron chi connectivity index (χ0n) is 12.2. The van der Waals surface area contributed by atoms with E-state index in [1.165, 1.54) is 57.8 Å². The maximum Gasteiger partial charge on any atom is 0.305 e. The highest BCUT2D eigenvalue weighted by Crippen LogP contribution is 2.23. The Hall–Kier alpha value is -0.530. The monoisotopic (exact) mass is 254 g/mol. The summed E-state index contributed by atoms with van der Waals surface area (Å²) in [4.78, 5) is 11.5. The first-order valence-corrected chi connectivity index (χ1v) is 7.93. The van der Waals surface area contributed by atoms with Gasteiger partial charge in [0.15, 0.2) is 0 Å². The smallest absolute Gasteiger partial charge is 0.305 e. The van der Waals surface area contributed by atoms with Crippen molar-refractivity contribution in [2.24, 2.45) is 5.92 Å². The molecule has 2 nitrogen and oxygen atoms in total. The van der Waals surface area contributed by atoms with Gasteiger partial charge in [-0.1, -0.05) is 58.8 Å². The maximum absolute atomic E-state index is 11.5. The van der Waals surface area contributed by atoms with Gasteiger partial charge in [-0.05, 0) is 25.2 Å². The van der Waals surface area contributed by atoms with Gasteiger partial charge >= 0.3 is 5.97 Å². The van der Waals surface area contributed by atoms with Gasteiger partial charge in [0.1, 0.15) is 6.10 Å². The molecule has 0 aromatic rings. The predicted molar refractivity (Wildman–Crippen MR) is 75.5 cm³/mol. The molecule has 0 unspecified atom stereocenters. The Balaban J connectivity index is 2.44. The minimum Gasteiger partial charge on any atom is -0.462 e. The highest BCUT2D eigenvalue weighted by molar-refractivity contribution is 5.69. The molecule has 0 saturated heterocycles. The molecule has 106 valence electrons. The average Bonchev–Trinajstić information content (AvgIpc) is 2.37. The Morgan fingerprint density at radius 3 is 2.00 bits per heavy atom. The second-order valence-electron chi connectivity index (χ2n) is 5.76. The Bertz CT molecular complexity index is 225. The first-order valence-electron chi connectivity index (χ1n) is 7.93. The lowest BCUT2D eigenvalue weighted by atomic mass is 9.92. The summed E-state index contributed by atoms with van der Waals surface area (Å²) < 4.78 is 5.62. The molecule has 0 radical (unpaired) electrons. The molecule has 0 spiro atoms. The largest absolute Gasteiger partial charge is 0.462 e. The number of carbonyl (C=O) groups excluding carboxylic acids is 1. The number of rotatable bonds is 2. The summed E-state index contributed by atoms with van der Waals surface area (Å²) in [6, 6.07) is 0. The van der Waals surface area contributed by atoms with E-state index in [9.17, 15) is 4.79 Å². The van der Waals surface area contributed by atoms with Gasteiger partial charge in [-0.25, -0.2) is 0 Å². The fourth-order valence-electron chi connectivity index (χ4n) is 2.77. The molecule has 0 bridgehead atoms. The van der Waals surface area contributed by atoms with Crippen LogP contribution < -0.4 is 0 Å². The van der Waals surface area contributed by atoms with E-state index in [0.717, 1.165) is 6.42 Å². The van der Waals surface area contributed by atoms with Crippen LogP contribution in [-0.4, -0.2) is 12.1 Å². The second kappa shape index (κ2) is 9.41. The van der Waals surface area contributed by atoms with Crippen LogP contribution in [-0.2, 0) is 9.53 Å². The predicted octanol–water partition coefficient (Wildman–Crippen LogP) is 4.86. The van der Waals surface area contributed by atoms with Crippen LogP contribution in [0.25, 0.3) is 0 Å². The Morgan fingerprint density at radius 2 is 1.44 bits per heavy atom. The maximum atomic E-state index is 11.5. The fourth-order valence-corrected chi connectivity index (χ4v) is 2.77. The standard InChI is InChI=1S/C16H30O2/c1-3-16(17)18-15-13-11-9-7-5-4-6-8-10-12-14(15)2/h14-15H,3-13H2,1-2H3/t14-,15-/m1/s1. The summed E-state index contributed by atoms with van der Waals surface area (Å²) in [6.45, 7) is 4.13. The molecule has 0 N–H and O–H groups in total. The van der Waals surface area contributed by atoms with Gasteiger partial charge in [-0.15, -0.1) is 0 Å². The quantitative estimate of drug-likeness (QED) is 0.658. The van der Waals surface area contributed by atoms with Crippen molar-refractivity contribution in [1.29, 1.82) is 0 Å². The third kappa shape index (κ3) is 6.42. The first kappa shape index (κ1) is 15.5. The first-order chi connectivity index (χ1) is 8.74. The molecule has 2 heteroatoms. The van der Waals surface area contributed by atoms with Crippen LogP contribution in [0.1, 0.15) is 84.5 Å². The van der Waals surface area contributed by atoms with Crippen molar-refractivity contribution in [3.8, 4) is 0 Å². The Morgan fingerprint density at radius 1 is 0.944 bits per heavy atom. The van der Waals surface area contributed by atoms with Gasteiger partial charge in [-0.2, -0.15) is 0 Å². The van der Waals surface area contributed by atoms with E-state index in [1.54, 1.807) is 0 Å². The zero-order chi connectivity index (χ0) is 13.2.